The molecule has 2 aromatic carbocycles. The zero-order valence-electron chi connectivity index (χ0n) is 15.7. The van der Waals surface area contributed by atoms with Crippen LogP contribution in [0.1, 0.15) is 0 Å². The molecule has 0 atom stereocenters. The summed E-state index contributed by atoms with van der Waals surface area (Å²) in [6, 6.07) is 16.9. The van der Waals surface area contributed by atoms with Crippen molar-refractivity contribution in [3.05, 3.63) is 73.1 Å². The first-order valence-electron chi connectivity index (χ1n) is 8.81. The molecule has 0 spiro atoms. The van der Waals surface area contributed by atoms with Crippen LogP contribution in [-0.4, -0.2) is 25.5 Å². The number of benzene rings is 2. The molecule has 2 heterocycles. The maximum Gasteiger partial charge on any atom is 0.332 e. The first-order chi connectivity index (χ1) is 14.4. The summed E-state index contributed by atoms with van der Waals surface area (Å²) in [6.45, 7) is 0. The normalized spacial score (nSPS) is 11.3. The zero-order chi connectivity index (χ0) is 21.1. The Labute approximate surface area is 172 Å². The molecular formula is C21H16FN3O4S. The number of anilines is 2. The van der Waals surface area contributed by atoms with Gasteiger partial charge >= 0.3 is 10.2 Å². The molecule has 30 heavy (non-hydrogen) atoms. The van der Waals surface area contributed by atoms with Gasteiger partial charge in [-0.2, -0.15) is 8.42 Å². The third-order valence-electron chi connectivity index (χ3n) is 4.31. The number of methoxy groups -OCH3 is 1. The first-order valence-corrected chi connectivity index (χ1v) is 10.2. The van der Waals surface area contributed by atoms with Gasteiger partial charge in [-0.15, -0.1) is 3.89 Å². The van der Waals surface area contributed by atoms with E-state index < -0.39 is 15.1 Å². The smallest absolute Gasteiger partial charge is 0.332 e. The molecule has 0 aliphatic rings. The van der Waals surface area contributed by atoms with E-state index in [0.717, 1.165) is 29.0 Å². The van der Waals surface area contributed by atoms with Gasteiger partial charge in [0.05, 0.1) is 24.7 Å². The van der Waals surface area contributed by atoms with Crippen LogP contribution >= 0.6 is 0 Å². The minimum Gasteiger partial charge on any atom is -0.495 e. The van der Waals surface area contributed by atoms with Crippen molar-refractivity contribution < 1.29 is 21.5 Å². The molecule has 0 radical (unpaired) electrons. The number of pyridine rings is 1. The molecule has 4 aromatic rings. The fourth-order valence-electron chi connectivity index (χ4n) is 2.88. The van der Waals surface area contributed by atoms with Crippen molar-refractivity contribution in [2.45, 2.75) is 4.90 Å². The molecule has 2 aromatic heterocycles. The van der Waals surface area contributed by atoms with Gasteiger partial charge in [-0.25, -0.2) is 4.98 Å². The number of rotatable bonds is 6. The van der Waals surface area contributed by atoms with Crippen LogP contribution in [0.4, 0.5) is 15.6 Å². The van der Waals surface area contributed by atoms with Crippen LogP contribution in [0.2, 0.25) is 0 Å². The Morgan fingerprint density at radius 3 is 2.57 bits per heavy atom. The van der Waals surface area contributed by atoms with Gasteiger partial charge in [0, 0.05) is 17.3 Å². The van der Waals surface area contributed by atoms with Crippen molar-refractivity contribution in [2.75, 3.05) is 12.4 Å². The number of nitrogens with zero attached hydrogens (tertiary/aromatic N) is 2. The summed E-state index contributed by atoms with van der Waals surface area (Å²) in [6.07, 6.45) is 3.25. The van der Waals surface area contributed by atoms with Crippen molar-refractivity contribution in [1.29, 1.82) is 0 Å². The van der Waals surface area contributed by atoms with Crippen LogP contribution in [0, 0.1) is 0 Å². The molecule has 0 bridgehead atoms. The van der Waals surface area contributed by atoms with Crippen molar-refractivity contribution >= 4 is 21.9 Å². The Kier molecular flexibility index (Phi) is 5.20. The topological polar surface area (TPSA) is 94.3 Å². The largest absolute Gasteiger partial charge is 0.495 e. The van der Waals surface area contributed by atoms with E-state index in [0.29, 0.717) is 11.5 Å². The van der Waals surface area contributed by atoms with Crippen LogP contribution in [0.3, 0.4) is 0 Å². The lowest BCUT2D eigenvalue weighted by atomic mass is 10.1. The molecule has 0 aliphatic heterocycles. The van der Waals surface area contributed by atoms with E-state index in [9.17, 15) is 12.3 Å². The molecule has 1 N–H and O–H groups in total. The van der Waals surface area contributed by atoms with Crippen molar-refractivity contribution in [3.63, 3.8) is 0 Å². The fourth-order valence-corrected chi connectivity index (χ4v) is 3.37. The number of aromatic nitrogens is 2. The molecule has 152 valence electrons. The Hall–Kier alpha value is -3.72. The van der Waals surface area contributed by atoms with Gasteiger partial charge in [0.2, 0.25) is 0 Å². The second kappa shape index (κ2) is 7.96. The van der Waals surface area contributed by atoms with Crippen molar-refractivity contribution in [1.82, 2.24) is 9.97 Å². The third-order valence-corrected chi connectivity index (χ3v) is 5.12. The van der Waals surface area contributed by atoms with E-state index in [1.807, 2.05) is 42.5 Å². The standard InChI is InChI=1S/C21H16FN3O4S/c1-28-19-9-8-16(30(22,26)27)12-18(19)25-21-24-13-20(29-21)15-6-4-5-14(11-15)17-7-2-3-10-23-17/h2-13H,1H3,(H,24,25). The summed E-state index contributed by atoms with van der Waals surface area (Å²) in [5.74, 6) is 0.794. The lowest BCUT2D eigenvalue weighted by molar-refractivity contribution is 0.416. The molecule has 0 saturated carbocycles. The number of oxazole rings is 1. The molecule has 0 amide bonds. The highest BCUT2D eigenvalue weighted by atomic mass is 32.3. The molecule has 0 fully saturated rings. The van der Waals surface area contributed by atoms with Crippen LogP contribution in [0.25, 0.3) is 22.6 Å². The molecule has 0 unspecified atom stereocenters. The second-order valence-electron chi connectivity index (χ2n) is 6.25. The van der Waals surface area contributed by atoms with E-state index in [1.54, 1.807) is 6.20 Å². The third kappa shape index (κ3) is 4.15. The molecular weight excluding hydrogens is 409 g/mol. The molecule has 0 saturated heterocycles. The Morgan fingerprint density at radius 2 is 1.83 bits per heavy atom. The minimum atomic E-state index is -4.86. The molecule has 4 rings (SSSR count). The lowest BCUT2D eigenvalue weighted by Gasteiger charge is -2.09. The number of halogens is 1. The predicted octanol–water partition coefficient (Wildman–Crippen LogP) is 4.81. The monoisotopic (exact) mass is 425 g/mol. The summed E-state index contributed by atoms with van der Waals surface area (Å²) in [5.41, 5.74) is 2.73. The summed E-state index contributed by atoms with van der Waals surface area (Å²) >= 11 is 0. The highest BCUT2D eigenvalue weighted by molar-refractivity contribution is 7.86. The summed E-state index contributed by atoms with van der Waals surface area (Å²) in [5, 5.41) is 2.83. The average Bonchev–Trinajstić information content (AvgIpc) is 3.22. The highest BCUT2D eigenvalue weighted by Crippen LogP contribution is 2.32. The Balaban J connectivity index is 1.63. The van der Waals surface area contributed by atoms with E-state index >= 15 is 0 Å². The molecule has 7 nitrogen and oxygen atoms in total. The maximum atomic E-state index is 13.3. The van der Waals surface area contributed by atoms with Gasteiger partial charge in [0.25, 0.3) is 6.01 Å². The number of nitrogens with one attached hydrogen (secondary N) is 1. The van der Waals surface area contributed by atoms with E-state index in [4.69, 9.17) is 9.15 Å². The quantitative estimate of drug-likeness (QED) is 0.443. The van der Waals surface area contributed by atoms with Crippen molar-refractivity contribution in [3.8, 4) is 28.3 Å². The fraction of sp³-hybridized carbons (Fsp3) is 0.0476. The number of hydrogen-bond acceptors (Lipinski definition) is 7. The van der Waals surface area contributed by atoms with Gasteiger partial charge in [-0.3, -0.25) is 4.98 Å². The summed E-state index contributed by atoms with van der Waals surface area (Å²) in [4.78, 5) is 8.01. The van der Waals surface area contributed by atoms with Gasteiger partial charge in [-0.1, -0.05) is 24.3 Å². The summed E-state index contributed by atoms with van der Waals surface area (Å²) in [7, 11) is -3.45. The van der Waals surface area contributed by atoms with Crippen LogP contribution in [0.15, 0.2) is 82.4 Å². The van der Waals surface area contributed by atoms with Gasteiger partial charge in [-0.05, 0) is 36.4 Å². The maximum absolute atomic E-state index is 13.3. The van der Waals surface area contributed by atoms with Crippen LogP contribution in [0.5, 0.6) is 5.75 Å². The van der Waals surface area contributed by atoms with E-state index in [1.165, 1.54) is 19.4 Å². The number of ether oxygens (including phenoxy) is 1. The van der Waals surface area contributed by atoms with Gasteiger partial charge in [0.15, 0.2) is 5.76 Å². The van der Waals surface area contributed by atoms with Gasteiger partial charge in [0.1, 0.15) is 10.6 Å². The SMILES string of the molecule is COc1ccc(S(=O)(=O)F)cc1Nc1ncc(-c2cccc(-c3ccccn3)c2)o1. The van der Waals surface area contributed by atoms with Crippen LogP contribution < -0.4 is 10.1 Å². The van der Waals surface area contributed by atoms with Gasteiger partial charge < -0.3 is 14.5 Å². The predicted molar refractivity (Wildman–Crippen MR) is 110 cm³/mol. The zero-order valence-corrected chi connectivity index (χ0v) is 16.6. The molecule has 9 heteroatoms. The number of hydrogen-bond donors (Lipinski definition) is 1. The lowest BCUT2D eigenvalue weighted by Crippen LogP contribution is -1.98. The second-order valence-corrected chi connectivity index (χ2v) is 7.60. The van der Waals surface area contributed by atoms with Crippen LogP contribution in [-0.2, 0) is 10.2 Å². The average molecular weight is 425 g/mol. The van der Waals surface area contributed by atoms with E-state index in [2.05, 4.69) is 15.3 Å². The molecule has 0 aliphatic carbocycles. The summed E-state index contributed by atoms with van der Waals surface area (Å²) < 4.78 is 46.7. The Morgan fingerprint density at radius 1 is 1.00 bits per heavy atom. The minimum absolute atomic E-state index is 0.0972. The van der Waals surface area contributed by atoms with Crippen molar-refractivity contribution in [2.24, 2.45) is 0 Å². The Bertz CT molecular complexity index is 1290. The highest BCUT2D eigenvalue weighted by Gasteiger charge is 2.17. The first kappa shape index (κ1) is 19.6. The van der Waals surface area contributed by atoms with E-state index in [-0.39, 0.29) is 11.7 Å².